The zero-order chi connectivity index (χ0) is 17.3. The van der Waals surface area contributed by atoms with Crippen LogP contribution in [-0.2, 0) is 4.79 Å². The number of unbranched alkanes of at least 4 members (excludes halogenated alkanes) is 3. The first-order chi connectivity index (χ1) is 11.0. The zero-order valence-electron chi connectivity index (χ0n) is 14.4. The van der Waals surface area contributed by atoms with Gasteiger partial charge in [0.1, 0.15) is 5.54 Å². The number of carbonyl (C=O) groups is 2. The quantitative estimate of drug-likeness (QED) is 0.502. The number of urea groups is 1. The van der Waals surface area contributed by atoms with Crippen LogP contribution in [0.4, 0.5) is 4.79 Å². The molecule has 23 heavy (non-hydrogen) atoms. The topological polar surface area (TPSA) is 114 Å². The van der Waals surface area contributed by atoms with E-state index < -0.39 is 11.6 Å². The van der Waals surface area contributed by atoms with Gasteiger partial charge in [-0.15, -0.1) is 0 Å². The van der Waals surface area contributed by atoms with Crippen LogP contribution >= 0.6 is 0 Å². The number of guanidine groups is 1. The number of rotatable bonds is 11. The van der Waals surface area contributed by atoms with Crippen molar-refractivity contribution < 1.29 is 9.59 Å². The van der Waals surface area contributed by atoms with Gasteiger partial charge in [0.05, 0.1) is 0 Å². The van der Waals surface area contributed by atoms with E-state index in [9.17, 15) is 9.59 Å². The Morgan fingerprint density at radius 2 is 1.78 bits per heavy atom. The van der Waals surface area contributed by atoms with Crippen molar-refractivity contribution in [2.75, 3.05) is 13.1 Å². The highest BCUT2D eigenvalue weighted by atomic mass is 16.2. The molecule has 5 N–H and O–H groups in total. The minimum Gasteiger partial charge on any atom is -0.369 e. The second-order valence-corrected chi connectivity index (χ2v) is 6.16. The molecule has 0 atom stereocenters. The van der Waals surface area contributed by atoms with Crippen LogP contribution in [0.2, 0.25) is 0 Å². The van der Waals surface area contributed by atoms with E-state index in [1.165, 1.54) is 0 Å². The second-order valence-electron chi connectivity index (χ2n) is 6.16. The number of aliphatic imine (C=N–C) groups is 1. The number of primary amides is 1. The number of nitrogens with two attached hydrogens (primary N) is 2. The van der Waals surface area contributed by atoms with E-state index in [4.69, 9.17) is 11.5 Å². The van der Waals surface area contributed by atoms with Gasteiger partial charge in [-0.3, -0.25) is 9.69 Å². The van der Waals surface area contributed by atoms with Crippen molar-refractivity contribution in [1.29, 1.82) is 0 Å². The van der Waals surface area contributed by atoms with E-state index in [-0.39, 0.29) is 5.91 Å². The van der Waals surface area contributed by atoms with Crippen LogP contribution in [0.3, 0.4) is 0 Å². The molecule has 0 saturated carbocycles. The predicted octanol–water partition coefficient (Wildman–Crippen LogP) is 1.71. The Bertz CT molecular complexity index is 428. The van der Waals surface area contributed by atoms with Crippen LogP contribution < -0.4 is 16.8 Å². The Balaban J connectivity index is 2.60. The van der Waals surface area contributed by atoms with Crippen LogP contribution in [0.25, 0.3) is 0 Å². The highest BCUT2D eigenvalue weighted by molar-refractivity contribution is 6.06. The van der Waals surface area contributed by atoms with Crippen molar-refractivity contribution in [3.8, 4) is 0 Å². The van der Waals surface area contributed by atoms with Crippen LogP contribution in [0.5, 0.6) is 0 Å². The largest absolute Gasteiger partial charge is 0.369 e. The summed E-state index contributed by atoms with van der Waals surface area (Å²) in [6.45, 7) is 5.27. The minimum absolute atomic E-state index is 0.0414. The second kappa shape index (κ2) is 9.37. The van der Waals surface area contributed by atoms with Crippen LogP contribution in [0.15, 0.2) is 4.99 Å². The third-order valence-electron chi connectivity index (χ3n) is 4.24. The SMILES string of the molecule is CCCCC1(CCCC)N=C(N)N(CCCCNC(N)=O)C1=O. The monoisotopic (exact) mass is 325 g/mol. The van der Waals surface area contributed by atoms with Gasteiger partial charge < -0.3 is 16.8 Å². The van der Waals surface area contributed by atoms with Crippen LogP contribution in [-0.4, -0.2) is 41.4 Å². The summed E-state index contributed by atoms with van der Waals surface area (Å²) in [7, 11) is 0. The van der Waals surface area contributed by atoms with Gasteiger partial charge in [0.15, 0.2) is 5.96 Å². The lowest BCUT2D eigenvalue weighted by Gasteiger charge is -2.26. The maximum absolute atomic E-state index is 12.9. The molecule has 0 aliphatic carbocycles. The van der Waals surface area contributed by atoms with Crippen LogP contribution in [0.1, 0.15) is 65.2 Å². The summed E-state index contributed by atoms with van der Waals surface area (Å²) in [4.78, 5) is 29.7. The number of carbonyl (C=O) groups excluding carboxylic acids is 2. The summed E-state index contributed by atoms with van der Waals surface area (Å²) in [5, 5.41) is 2.54. The minimum atomic E-state index is -0.651. The van der Waals surface area contributed by atoms with Gasteiger partial charge in [0.2, 0.25) is 0 Å². The third kappa shape index (κ3) is 5.41. The average molecular weight is 325 g/mol. The first-order valence-electron chi connectivity index (χ1n) is 8.67. The summed E-state index contributed by atoms with van der Waals surface area (Å²) in [5.74, 6) is 0.379. The van der Waals surface area contributed by atoms with Crippen molar-refractivity contribution in [2.45, 2.75) is 70.8 Å². The summed E-state index contributed by atoms with van der Waals surface area (Å²) in [6, 6.07) is -0.526. The number of nitrogens with one attached hydrogen (secondary N) is 1. The fourth-order valence-corrected chi connectivity index (χ4v) is 2.89. The van der Waals surface area contributed by atoms with Crippen molar-refractivity contribution in [3.63, 3.8) is 0 Å². The Morgan fingerprint density at radius 3 is 2.30 bits per heavy atom. The molecule has 1 aliphatic heterocycles. The number of nitrogens with zero attached hydrogens (tertiary/aromatic N) is 2. The van der Waals surface area contributed by atoms with Gasteiger partial charge in [-0.1, -0.05) is 39.5 Å². The molecule has 3 amide bonds. The maximum atomic E-state index is 12.9. The molecule has 0 spiro atoms. The third-order valence-corrected chi connectivity index (χ3v) is 4.24. The summed E-state index contributed by atoms with van der Waals surface area (Å²) in [5.41, 5.74) is 10.4. The molecule has 1 heterocycles. The number of hydrogen-bond acceptors (Lipinski definition) is 4. The molecule has 0 saturated heterocycles. The molecular formula is C16H31N5O2. The predicted molar refractivity (Wildman–Crippen MR) is 91.9 cm³/mol. The zero-order valence-corrected chi connectivity index (χ0v) is 14.4. The molecular weight excluding hydrogens is 294 g/mol. The molecule has 0 bridgehead atoms. The lowest BCUT2D eigenvalue weighted by atomic mass is 9.87. The van der Waals surface area contributed by atoms with Crippen molar-refractivity contribution in [3.05, 3.63) is 0 Å². The lowest BCUT2D eigenvalue weighted by molar-refractivity contribution is -0.131. The van der Waals surface area contributed by atoms with E-state index in [0.29, 0.717) is 19.0 Å². The molecule has 0 fully saturated rings. The molecule has 0 aromatic rings. The average Bonchev–Trinajstić information content (AvgIpc) is 2.74. The molecule has 0 radical (unpaired) electrons. The number of amides is 3. The van der Waals surface area contributed by atoms with Gasteiger partial charge in [-0.05, 0) is 25.7 Å². The van der Waals surface area contributed by atoms with Gasteiger partial charge in [-0.25, -0.2) is 9.79 Å². The molecule has 0 unspecified atom stereocenters. The van der Waals surface area contributed by atoms with E-state index >= 15 is 0 Å². The van der Waals surface area contributed by atoms with E-state index in [1.54, 1.807) is 4.90 Å². The Morgan fingerprint density at radius 1 is 1.17 bits per heavy atom. The molecule has 132 valence electrons. The molecule has 1 aliphatic rings. The summed E-state index contributed by atoms with van der Waals surface area (Å²) >= 11 is 0. The standard InChI is InChI=1S/C16H31N5O2/c1-3-5-9-16(10-6-4-2)13(22)21(14(17)20-16)12-8-7-11-19-15(18)23/h3-12H2,1-2H3,(H2,17,20)(H3,18,19,23). The molecule has 7 heteroatoms. The van der Waals surface area contributed by atoms with Gasteiger partial charge in [0.25, 0.3) is 5.91 Å². The van der Waals surface area contributed by atoms with Crippen LogP contribution in [0, 0.1) is 0 Å². The van der Waals surface area contributed by atoms with E-state index in [1.807, 2.05) is 0 Å². The van der Waals surface area contributed by atoms with Crippen molar-refractivity contribution >= 4 is 17.9 Å². The van der Waals surface area contributed by atoms with Crippen molar-refractivity contribution in [1.82, 2.24) is 10.2 Å². The Hall–Kier alpha value is -1.79. The highest BCUT2D eigenvalue weighted by Gasteiger charge is 2.46. The van der Waals surface area contributed by atoms with Gasteiger partial charge in [0, 0.05) is 13.1 Å². The molecule has 0 aromatic heterocycles. The Labute approximate surface area is 138 Å². The van der Waals surface area contributed by atoms with Gasteiger partial charge in [-0.2, -0.15) is 0 Å². The molecule has 0 aromatic carbocycles. The van der Waals surface area contributed by atoms with E-state index in [0.717, 1.165) is 51.4 Å². The first kappa shape index (κ1) is 19.3. The van der Waals surface area contributed by atoms with E-state index in [2.05, 4.69) is 24.2 Å². The van der Waals surface area contributed by atoms with Crippen molar-refractivity contribution in [2.24, 2.45) is 16.5 Å². The number of hydrogen-bond donors (Lipinski definition) is 3. The fraction of sp³-hybridized carbons (Fsp3) is 0.812. The Kier molecular flexibility index (Phi) is 7.85. The highest BCUT2D eigenvalue weighted by Crippen LogP contribution is 2.32. The summed E-state index contributed by atoms with van der Waals surface area (Å²) in [6.07, 6.45) is 7.05. The fourth-order valence-electron chi connectivity index (χ4n) is 2.89. The normalized spacial score (nSPS) is 16.5. The molecule has 7 nitrogen and oxygen atoms in total. The maximum Gasteiger partial charge on any atom is 0.312 e. The smallest absolute Gasteiger partial charge is 0.312 e. The van der Waals surface area contributed by atoms with Gasteiger partial charge >= 0.3 is 6.03 Å². The lowest BCUT2D eigenvalue weighted by Crippen LogP contribution is -2.45. The summed E-state index contributed by atoms with van der Waals surface area (Å²) < 4.78 is 0. The molecule has 1 rings (SSSR count). The first-order valence-corrected chi connectivity index (χ1v) is 8.67.